The molecule has 1 amide bonds. The van der Waals surface area contributed by atoms with Crippen molar-refractivity contribution in [1.29, 1.82) is 0 Å². The first-order chi connectivity index (χ1) is 13.0. The number of aromatic carboxylic acids is 1. The lowest BCUT2D eigenvalue weighted by atomic mass is 9.78. The Labute approximate surface area is 157 Å². The number of carboxylic acids is 1. The number of likely N-dealkylation sites (tertiary alicyclic amines) is 1. The van der Waals surface area contributed by atoms with Crippen LogP contribution in [0.4, 0.5) is 0 Å². The summed E-state index contributed by atoms with van der Waals surface area (Å²) in [5.74, 6) is -0.604. The molecule has 0 spiro atoms. The number of carbonyl (C=O) groups excluding carboxylic acids is 1. The van der Waals surface area contributed by atoms with E-state index in [1.165, 1.54) is 0 Å². The van der Waals surface area contributed by atoms with Gasteiger partial charge < -0.3 is 29.7 Å². The van der Waals surface area contributed by atoms with E-state index in [2.05, 4.69) is 5.32 Å². The molecule has 4 rings (SSSR count). The average molecular weight is 374 g/mol. The molecule has 2 saturated heterocycles. The van der Waals surface area contributed by atoms with Gasteiger partial charge in [-0.25, -0.2) is 4.79 Å². The van der Waals surface area contributed by atoms with Crippen molar-refractivity contribution in [3.05, 3.63) is 23.3 Å². The fourth-order valence-electron chi connectivity index (χ4n) is 3.91. The van der Waals surface area contributed by atoms with Gasteiger partial charge in [-0.15, -0.1) is 0 Å². The average Bonchev–Trinajstić information content (AvgIpc) is 2.63. The van der Waals surface area contributed by atoms with E-state index in [0.29, 0.717) is 32.4 Å². The molecule has 0 radical (unpaired) electrons. The minimum absolute atomic E-state index is 0.0212. The van der Waals surface area contributed by atoms with Gasteiger partial charge >= 0.3 is 13.1 Å². The summed E-state index contributed by atoms with van der Waals surface area (Å²) in [4.78, 5) is 26.0. The lowest BCUT2D eigenvalue weighted by Gasteiger charge is -2.41. The molecular weight excluding hydrogens is 351 g/mol. The topological polar surface area (TPSA) is 108 Å². The van der Waals surface area contributed by atoms with E-state index in [0.717, 1.165) is 24.9 Å². The van der Waals surface area contributed by atoms with Gasteiger partial charge in [0.05, 0.1) is 19.0 Å². The van der Waals surface area contributed by atoms with Crippen molar-refractivity contribution < 1.29 is 29.1 Å². The third-order valence-corrected chi connectivity index (χ3v) is 5.43. The van der Waals surface area contributed by atoms with Gasteiger partial charge in [0.15, 0.2) is 0 Å². The highest BCUT2D eigenvalue weighted by Crippen LogP contribution is 2.37. The van der Waals surface area contributed by atoms with Crippen LogP contribution in [0.15, 0.2) is 12.1 Å². The Hall–Kier alpha value is -2.26. The summed E-state index contributed by atoms with van der Waals surface area (Å²) in [5, 5.41) is 22.6. The Kier molecular flexibility index (Phi) is 4.97. The number of hydrogen-bond acceptors (Lipinski definition) is 6. The highest BCUT2D eigenvalue weighted by atomic mass is 16.5. The number of rotatable bonds is 4. The molecule has 9 heteroatoms. The number of ether oxygens (including phenoxy) is 1. The maximum absolute atomic E-state index is 12.5. The molecule has 3 heterocycles. The first kappa shape index (κ1) is 18.1. The van der Waals surface area contributed by atoms with E-state index in [1.807, 2.05) is 0 Å². The maximum atomic E-state index is 12.5. The van der Waals surface area contributed by atoms with Crippen molar-refractivity contribution in [3.8, 4) is 11.5 Å². The zero-order valence-corrected chi connectivity index (χ0v) is 15.0. The van der Waals surface area contributed by atoms with Crippen LogP contribution in [-0.2, 0) is 11.2 Å². The number of benzene rings is 1. The first-order valence-electron chi connectivity index (χ1n) is 9.43. The van der Waals surface area contributed by atoms with Crippen molar-refractivity contribution in [2.45, 2.75) is 31.7 Å². The van der Waals surface area contributed by atoms with Crippen molar-refractivity contribution in [2.75, 3.05) is 26.2 Å². The van der Waals surface area contributed by atoms with Crippen molar-refractivity contribution >= 4 is 19.0 Å². The Morgan fingerprint density at radius 2 is 2.15 bits per heavy atom. The molecule has 144 valence electrons. The normalized spacial score (nSPS) is 22.5. The molecule has 1 aromatic rings. The summed E-state index contributed by atoms with van der Waals surface area (Å²) in [7, 11) is -1.01. The van der Waals surface area contributed by atoms with Crippen LogP contribution in [0.5, 0.6) is 11.5 Å². The number of amides is 1. The molecule has 2 fully saturated rings. The van der Waals surface area contributed by atoms with Crippen molar-refractivity contribution in [3.63, 3.8) is 0 Å². The van der Waals surface area contributed by atoms with Gasteiger partial charge in [-0.05, 0) is 43.8 Å². The summed E-state index contributed by atoms with van der Waals surface area (Å²) in [6, 6.07) is 3.41. The molecule has 1 atom stereocenters. The van der Waals surface area contributed by atoms with E-state index in [-0.39, 0.29) is 35.0 Å². The van der Waals surface area contributed by atoms with Crippen LogP contribution in [0.3, 0.4) is 0 Å². The van der Waals surface area contributed by atoms with Crippen LogP contribution in [0.2, 0.25) is 6.32 Å². The summed E-state index contributed by atoms with van der Waals surface area (Å²) in [5.41, 5.74) is 0.688. The molecule has 27 heavy (non-hydrogen) atoms. The maximum Gasteiger partial charge on any atom is 0.522 e. The van der Waals surface area contributed by atoms with Crippen LogP contribution >= 0.6 is 0 Å². The van der Waals surface area contributed by atoms with E-state index in [4.69, 9.17) is 9.39 Å². The lowest BCUT2D eigenvalue weighted by molar-refractivity contribution is -0.145. The highest BCUT2D eigenvalue weighted by Gasteiger charge is 2.37. The van der Waals surface area contributed by atoms with Gasteiger partial charge in [0.2, 0.25) is 5.91 Å². The van der Waals surface area contributed by atoms with Crippen molar-refractivity contribution in [2.24, 2.45) is 5.92 Å². The third-order valence-electron chi connectivity index (χ3n) is 5.43. The van der Waals surface area contributed by atoms with E-state index >= 15 is 0 Å². The molecule has 0 saturated carbocycles. The molecule has 3 N–H and O–H groups in total. The summed E-state index contributed by atoms with van der Waals surface area (Å²) < 4.78 is 11.2. The second kappa shape index (κ2) is 7.40. The molecule has 1 unspecified atom stereocenters. The summed E-state index contributed by atoms with van der Waals surface area (Å²) in [6.45, 7) is 2.58. The zero-order chi connectivity index (χ0) is 19.0. The molecule has 3 aliphatic rings. The first-order valence-corrected chi connectivity index (χ1v) is 9.43. The Bertz CT molecular complexity index is 746. The highest BCUT2D eigenvalue weighted by molar-refractivity contribution is 6.44. The molecule has 3 aliphatic heterocycles. The monoisotopic (exact) mass is 374 g/mol. The molecular formula is C18H23BN2O6. The van der Waals surface area contributed by atoms with Crippen LogP contribution < -0.4 is 14.7 Å². The van der Waals surface area contributed by atoms with Gasteiger partial charge in [0.25, 0.3) is 0 Å². The standard InChI is InChI=1S/C18H23BN2O6/c22-17(12-2-1-7-20-8-12)21-9-13(10-21)26-14-4-3-11-5-6-19(25)27-16(11)15(14)18(23)24/h3-4,12-13,20,25H,1-2,5-10H2,(H,23,24). The van der Waals surface area contributed by atoms with E-state index in [1.54, 1.807) is 17.0 Å². The van der Waals surface area contributed by atoms with Crippen LogP contribution in [0.1, 0.15) is 28.8 Å². The number of aryl methyl sites for hydroxylation is 1. The Morgan fingerprint density at radius 1 is 1.33 bits per heavy atom. The van der Waals surface area contributed by atoms with Gasteiger partial charge in [0.1, 0.15) is 23.2 Å². The molecule has 8 nitrogen and oxygen atoms in total. The Morgan fingerprint density at radius 3 is 2.85 bits per heavy atom. The van der Waals surface area contributed by atoms with Gasteiger partial charge in [0, 0.05) is 6.54 Å². The van der Waals surface area contributed by atoms with Crippen LogP contribution in [0, 0.1) is 5.92 Å². The second-order valence-corrected chi connectivity index (χ2v) is 7.37. The zero-order valence-electron chi connectivity index (χ0n) is 15.0. The fraction of sp³-hybridized carbons (Fsp3) is 0.556. The summed E-state index contributed by atoms with van der Waals surface area (Å²) in [6.07, 6.45) is 2.66. The molecule has 0 aromatic heterocycles. The largest absolute Gasteiger partial charge is 0.535 e. The summed E-state index contributed by atoms with van der Waals surface area (Å²) >= 11 is 0. The molecule has 0 aliphatic carbocycles. The SMILES string of the molecule is O=C(O)c1c(OC2CN(C(=O)C3CCCNC3)C2)ccc2c1OB(O)CC2. The van der Waals surface area contributed by atoms with Gasteiger partial charge in [-0.2, -0.15) is 0 Å². The third kappa shape index (κ3) is 3.61. The second-order valence-electron chi connectivity index (χ2n) is 7.37. The van der Waals surface area contributed by atoms with E-state index < -0.39 is 13.1 Å². The minimum atomic E-state index is -1.16. The predicted octanol–water partition coefficient (Wildman–Crippen LogP) is 0.389. The fourth-order valence-corrected chi connectivity index (χ4v) is 3.91. The lowest BCUT2D eigenvalue weighted by Crippen LogP contribution is -2.58. The Balaban J connectivity index is 1.43. The quantitative estimate of drug-likeness (QED) is 0.655. The van der Waals surface area contributed by atoms with Crippen LogP contribution in [-0.4, -0.2) is 66.3 Å². The smallest absolute Gasteiger partial charge is 0.522 e. The number of nitrogens with one attached hydrogen (secondary N) is 1. The van der Waals surface area contributed by atoms with Crippen LogP contribution in [0.25, 0.3) is 0 Å². The minimum Gasteiger partial charge on any atom is -0.535 e. The number of carboxylic acid groups (broad SMARTS) is 1. The predicted molar refractivity (Wildman–Crippen MR) is 97.1 cm³/mol. The van der Waals surface area contributed by atoms with E-state index in [9.17, 15) is 19.7 Å². The van der Waals surface area contributed by atoms with Gasteiger partial charge in [-0.3, -0.25) is 4.79 Å². The number of carbonyl (C=O) groups is 2. The number of hydrogen-bond donors (Lipinski definition) is 3. The molecule has 1 aromatic carbocycles. The number of piperidine rings is 1. The number of fused-ring (bicyclic) bond motifs is 1. The molecule has 0 bridgehead atoms. The number of nitrogens with zero attached hydrogens (tertiary/aromatic N) is 1. The van der Waals surface area contributed by atoms with Gasteiger partial charge in [-0.1, -0.05) is 6.07 Å². The van der Waals surface area contributed by atoms with Crippen molar-refractivity contribution in [1.82, 2.24) is 10.2 Å².